The molecule has 1 N–H and O–H groups in total. The molecule has 0 amide bonds. The van der Waals surface area contributed by atoms with E-state index in [0.717, 1.165) is 31.3 Å². The number of benzene rings is 3. The maximum Gasteiger partial charge on any atom is 0.175 e. The maximum atomic E-state index is 13.3. The molecule has 0 aliphatic carbocycles. The van der Waals surface area contributed by atoms with Crippen LogP contribution in [0.3, 0.4) is 0 Å². The van der Waals surface area contributed by atoms with E-state index in [2.05, 4.69) is 50.2 Å². The molecule has 0 aromatic heterocycles. The Kier molecular flexibility index (Phi) is 6.97. The van der Waals surface area contributed by atoms with E-state index in [1.165, 1.54) is 12.1 Å². The van der Waals surface area contributed by atoms with E-state index in [-0.39, 0.29) is 12.4 Å². The van der Waals surface area contributed by atoms with Crippen LogP contribution in [0.5, 0.6) is 11.5 Å². The van der Waals surface area contributed by atoms with Crippen LogP contribution in [-0.2, 0) is 13.2 Å². The summed E-state index contributed by atoms with van der Waals surface area (Å²) >= 11 is 7.04. The van der Waals surface area contributed by atoms with Crippen molar-refractivity contribution in [2.45, 2.75) is 20.1 Å². The number of ether oxygens (including phenoxy) is 2. The summed E-state index contributed by atoms with van der Waals surface area (Å²) in [6.45, 7) is 2.96. The Morgan fingerprint density at radius 3 is 2.54 bits per heavy atom. The fraction of sp³-hybridized carbons (Fsp3) is 0.182. The van der Waals surface area contributed by atoms with Crippen LogP contribution in [-0.4, -0.2) is 7.11 Å². The lowest BCUT2D eigenvalue weighted by molar-refractivity contribution is 0.282. The number of rotatable bonds is 7. The highest BCUT2D eigenvalue weighted by molar-refractivity contribution is 9.10. The fourth-order valence-electron chi connectivity index (χ4n) is 2.82. The summed E-state index contributed by atoms with van der Waals surface area (Å²) in [6, 6.07) is 16.4. The molecule has 3 rings (SSSR count). The molecule has 3 aromatic carbocycles. The number of anilines is 1. The first kappa shape index (κ1) is 20.7. The van der Waals surface area contributed by atoms with E-state index in [9.17, 15) is 4.39 Å². The quantitative estimate of drug-likeness (QED) is 0.378. The third-order valence-electron chi connectivity index (χ3n) is 4.23. The van der Waals surface area contributed by atoms with Crippen molar-refractivity contribution in [2.75, 3.05) is 12.4 Å². The number of methoxy groups -OCH3 is 1. The molecule has 0 bridgehead atoms. The van der Waals surface area contributed by atoms with E-state index in [0.29, 0.717) is 18.0 Å². The predicted octanol–water partition coefficient (Wildman–Crippen LogP) is 6.86. The lowest BCUT2D eigenvalue weighted by Gasteiger charge is -2.16. The van der Waals surface area contributed by atoms with Gasteiger partial charge in [-0.1, -0.05) is 28.1 Å². The molecule has 0 aliphatic heterocycles. The third kappa shape index (κ3) is 5.26. The van der Waals surface area contributed by atoms with Gasteiger partial charge in [-0.3, -0.25) is 0 Å². The Balaban J connectivity index is 1.73. The van der Waals surface area contributed by atoms with Crippen molar-refractivity contribution in [3.8, 4) is 11.5 Å². The van der Waals surface area contributed by atoms with Gasteiger partial charge in [-0.15, -0.1) is 0 Å². The Morgan fingerprint density at radius 1 is 1.00 bits per heavy atom. The van der Waals surface area contributed by atoms with Gasteiger partial charge in [0.2, 0.25) is 0 Å². The number of aryl methyl sites for hydroxylation is 1. The topological polar surface area (TPSA) is 30.5 Å². The minimum absolute atomic E-state index is 0.252. The van der Waals surface area contributed by atoms with Gasteiger partial charge in [-0.25, -0.2) is 4.39 Å². The van der Waals surface area contributed by atoms with Crippen LogP contribution in [0, 0.1) is 12.7 Å². The molecule has 0 spiro atoms. The summed E-state index contributed by atoms with van der Waals surface area (Å²) in [5.74, 6) is 0.933. The molecule has 0 saturated carbocycles. The highest BCUT2D eigenvalue weighted by Gasteiger charge is 2.12. The molecule has 0 atom stereocenters. The van der Waals surface area contributed by atoms with Gasteiger partial charge in [0.25, 0.3) is 0 Å². The summed E-state index contributed by atoms with van der Waals surface area (Å²) in [5.41, 5.74) is 4.04. The van der Waals surface area contributed by atoms with Gasteiger partial charge in [-0.2, -0.15) is 0 Å². The molecule has 0 radical (unpaired) electrons. The first-order valence-electron chi connectivity index (χ1n) is 8.70. The Morgan fingerprint density at radius 2 is 1.82 bits per heavy atom. The normalized spacial score (nSPS) is 10.6. The van der Waals surface area contributed by atoms with Crippen LogP contribution in [0.2, 0.25) is 0 Å². The predicted molar refractivity (Wildman–Crippen MR) is 118 cm³/mol. The van der Waals surface area contributed by atoms with Crippen molar-refractivity contribution in [3.63, 3.8) is 0 Å². The van der Waals surface area contributed by atoms with Gasteiger partial charge in [0, 0.05) is 16.7 Å². The highest BCUT2D eigenvalue weighted by atomic mass is 79.9. The van der Waals surface area contributed by atoms with E-state index in [1.807, 2.05) is 30.3 Å². The smallest absolute Gasteiger partial charge is 0.175 e. The molecule has 146 valence electrons. The van der Waals surface area contributed by atoms with Gasteiger partial charge in [0.1, 0.15) is 12.4 Å². The summed E-state index contributed by atoms with van der Waals surface area (Å²) < 4.78 is 26.6. The molecule has 0 unspecified atom stereocenters. The zero-order valence-corrected chi connectivity index (χ0v) is 18.7. The Labute approximate surface area is 181 Å². The minimum atomic E-state index is -0.281. The van der Waals surface area contributed by atoms with Crippen LogP contribution in [0.25, 0.3) is 0 Å². The van der Waals surface area contributed by atoms with Crippen LogP contribution >= 0.6 is 31.9 Å². The fourth-order valence-corrected chi connectivity index (χ4v) is 3.90. The first-order valence-corrected chi connectivity index (χ1v) is 10.3. The molecule has 3 nitrogen and oxygen atoms in total. The molecule has 0 heterocycles. The second-order valence-electron chi connectivity index (χ2n) is 6.34. The second-order valence-corrected chi connectivity index (χ2v) is 8.11. The zero-order chi connectivity index (χ0) is 20.1. The van der Waals surface area contributed by atoms with Gasteiger partial charge in [0.15, 0.2) is 11.5 Å². The number of nitrogens with one attached hydrogen (secondary N) is 1. The van der Waals surface area contributed by atoms with Crippen molar-refractivity contribution in [3.05, 3.63) is 86.1 Å². The van der Waals surface area contributed by atoms with Gasteiger partial charge in [0.05, 0.1) is 11.6 Å². The summed E-state index contributed by atoms with van der Waals surface area (Å²) in [7, 11) is 1.60. The lowest BCUT2D eigenvalue weighted by atomic mass is 10.1. The Bertz CT molecular complexity index is 979. The molecular weight excluding hydrogens is 489 g/mol. The second kappa shape index (κ2) is 9.43. The van der Waals surface area contributed by atoms with E-state index in [4.69, 9.17) is 9.47 Å². The summed E-state index contributed by atoms with van der Waals surface area (Å²) in [4.78, 5) is 0. The van der Waals surface area contributed by atoms with E-state index >= 15 is 0 Å². The van der Waals surface area contributed by atoms with Crippen LogP contribution < -0.4 is 14.8 Å². The lowest BCUT2D eigenvalue weighted by Crippen LogP contribution is -2.03. The van der Waals surface area contributed by atoms with Crippen molar-refractivity contribution in [1.29, 1.82) is 0 Å². The number of hydrogen-bond donors (Lipinski definition) is 1. The average molecular weight is 509 g/mol. The van der Waals surface area contributed by atoms with Gasteiger partial charge < -0.3 is 14.8 Å². The first-order chi connectivity index (χ1) is 13.5. The summed E-state index contributed by atoms with van der Waals surface area (Å²) in [5, 5.41) is 3.44. The molecule has 28 heavy (non-hydrogen) atoms. The molecule has 0 aliphatic rings. The van der Waals surface area contributed by atoms with Crippen molar-refractivity contribution in [2.24, 2.45) is 0 Å². The van der Waals surface area contributed by atoms with Gasteiger partial charge >= 0.3 is 0 Å². The van der Waals surface area contributed by atoms with E-state index < -0.39 is 0 Å². The van der Waals surface area contributed by atoms with E-state index in [1.54, 1.807) is 13.2 Å². The largest absolute Gasteiger partial charge is 0.493 e. The number of halogens is 3. The molecule has 0 fully saturated rings. The maximum absolute atomic E-state index is 13.3. The highest BCUT2D eigenvalue weighted by Crippen LogP contribution is 2.37. The number of hydrogen-bond acceptors (Lipinski definition) is 3. The monoisotopic (exact) mass is 507 g/mol. The minimum Gasteiger partial charge on any atom is -0.493 e. The van der Waals surface area contributed by atoms with Crippen LogP contribution in [0.15, 0.2) is 63.5 Å². The van der Waals surface area contributed by atoms with Crippen LogP contribution in [0.1, 0.15) is 16.7 Å². The third-order valence-corrected chi connectivity index (χ3v) is 5.32. The Hall–Kier alpha value is -2.05. The van der Waals surface area contributed by atoms with Crippen molar-refractivity contribution >= 4 is 37.5 Å². The standard InChI is InChI=1S/C22H20Br2FNO2/c1-14-8-17(23)6-7-20(14)26-12-16-10-19(24)22(21(11-16)27-2)28-13-15-4-3-5-18(25)9-15/h3-11,26H,12-13H2,1-2H3. The SMILES string of the molecule is COc1cc(CNc2ccc(Br)cc2C)cc(Br)c1OCc1cccc(F)c1. The van der Waals surface area contributed by atoms with Crippen molar-refractivity contribution in [1.82, 2.24) is 0 Å². The van der Waals surface area contributed by atoms with Crippen LogP contribution in [0.4, 0.5) is 10.1 Å². The van der Waals surface area contributed by atoms with Crippen molar-refractivity contribution < 1.29 is 13.9 Å². The average Bonchev–Trinajstić information content (AvgIpc) is 2.66. The van der Waals surface area contributed by atoms with Gasteiger partial charge in [-0.05, 0) is 82.0 Å². The molecule has 3 aromatic rings. The molecular formula is C22H20Br2FNO2. The summed E-state index contributed by atoms with van der Waals surface area (Å²) in [6.07, 6.45) is 0. The molecule has 6 heteroatoms. The zero-order valence-electron chi connectivity index (χ0n) is 15.6. The molecule has 0 saturated heterocycles.